The topological polar surface area (TPSA) is 44.1 Å². The van der Waals surface area contributed by atoms with Gasteiger partial charge in [0.25, 0.3) is 0 Å². The minimum absolute atomic E-state index is 0.633. The summed E-state index contributed by atoms with van der Waals surface area (Å²) >= 11 is 3.46. The summed E-state index contributed by atoms with van der Waals surface area (Å²) < 4.78 is 7.82. The van der Waals surface area contributed by atoms with Crippen LogP contribution in [0.4, 0.5) is 0 Å². The zero-order valence-electron chi connectivity index (χ0n) is 11.4. The van der Waals surface area contributed by atoms with E-state index in [-0.39, 0.29) is 0 Å². The normalized spacial score (nSPS) is 10.8. The number of carbonyl (C=O) groups is 1. The molecule has 0 unspecified atom stereocenters. The number of hydrogen-bond donors (Lipinski definition) is 0. The van der Waals surface area contributed by atoms with Gasteiger partial charge in [-0.3, -0.25) is 9.48 Å². The molecule has 0 radical (unpaired) electrons. The molecule has 1 aromatic heterocycles. The maximum atomic E-state index is 10.9. The second-order valence-electron chi connectivity index (χ2n) is 4.69. The largest absolute Gasteiger partial charge is 0.497 e. The first-order valence-corrected chi connectivity index (χ1v) is 7.25. The Labute approximate surface area is 130 Å². The Bertz CT molecular complexity index is 794. The molecule has 0 aliphatic carbocycles. The van der Waals surface area contributed by atoms with Gasteiger partial charge in [-0.15, -0.1) is 0 Å². The van der Waals surface area contributed by atoms with E-state index >= 15 is 0 Å². The fourth-order valence-corrected chi connectivity index (χ4v) is 2.77. The Morgan fingerprint density at radius 2 is 2.00 bits per heavy atom. The molecule has 3 rings (SSSR count). The van der Waals surface area contributed by atoms with Gasteiger partial charge in [0.1, 0.15) is 16.6 Å². The molecule has 0 fully saturated rings. The SMILES string of the molecule is COc1ccc(Cn2nc(Br)c3ccc(C=O)cc32)cc1. The molecule has 21 heavy (non-hydrogen) atoms. The Morgan fingerprint density at radius 1 is 1.24 bits per heavy atom. The minimum atomic E-state index is 0.633. The first kappa shape index (κ1) is 13.8. The molecule has 2 aromatic carbocycles. The highest BCUT2D eigenvalue weighted by molar-refractivity contribution is 9.10. The summed E-state index contributed by atoms with van der Waals surface area (Å²) in [6, 6.07) is 13.4. The van der Waals surface area contributed by atoms with Crippen molar-refractivity contribution < 1.29 is 9.53 Å². The van der Waals surface area contributed by atoms with Gasteiger partial charge < -0.3 is 4.74 Å². The van der Waals surface area contributed by atoms with Crippen molar-refractivity contribution in [2.75, 3.05) is 7.11 Å². The standard InChI is InChI=1S/C16H13BrN2O2/c1-21-13-5-2-11(3-6-13)9-19-15-8-12(10-20)4-7-14(15)16(17)18-19/h2-8,10H,9H2,1H3. The number of methoxy groups -OCH3 is 1. The van der Waals surface area contributed by atoms with E-state index in [1.807, 2.05) is 41.1 Å². The van der Waals surface area contributed by atoms with Crippen molar-refractivity contribution in [2.24, 2.45) is 0 Å². The number of carbonyl (C=O) groups excluding carboxylic acids is 1. The summed E-state index contributed by atoms with van der Waals surface area (Å²) in [6.07, 6.45) is 0.845. The Morgan fingerprint density at radius 3 is 2.67 bits per heavy atom. The van der Waals surface area contributed by atoms with Crippen molar-refractivity contribution in [1.29, 1.82) is 0 Å². The van der Waals surface area contributed by atoms with Gasteiger partial charge in [0, 0.05) is 10.9 Å². The average molecular weight is 345 g/mol. The number of rotatable bonds is 4. The fourth-order valence-electron chi connectivity index (χ4n) is 2.25. The van der Waals surface area contributed by atoms with Gasteiger partial charge in [0.15, 0.2) is 0 Å². The molecule has 1 heterocycles. The Balaban J connectivity index is 2.00. The van der Waals surface area contributed by atoms with Crippen molar-refractivity contribution in [1.82, 2.24) is 9.78 Å². The van der Waals surface area contributed by atoms with Crippen molar-refractivity contribution in [3.63, 3.8) is 0 Å². The van der Waals surface area contributed by atoms with Gasteiger partial charge in [-0.1, -0.05) is 18.2 Å². The number of nitrogens with zero attached hydrogens (tertiary/aromatic N) is 2. The third-order valence-electron chi connectivity index (χ3n) is 3.36. The molecule has 3 aromatic rings. The third kappa shape index (κ3) is 2.69. The monoisotopic (exact) mass is 344 g/mol. The molecule has 0 bridgehead atoms. The van der Waals surface area contributed by atoms with Crippen LogP contribution in [0.15, 0.2) is 47.1 Å². The summed E-state index contributed by atoms with van der Waals surface area (Å²) in [6.45, 7) is 0.633. The van der Waals surface area contributed by atoms with Gasteiger partial charge in [-0.25, -0.2) is 0 Å². The molecule has 0 saturated heterocycles. The molecular formula is C16H13BrN2O2. The van der Waals surface area contributed by atoms with E-state index in [1.54, 1.807) is 13.2 Å². The zero-order valence-corrected chi connectivity index (χ0v) is 13.0. The molecule has 106 valence electrons. The lowest BCUT2D eigenvalue weighted by Gasteiger charge is -2.05. The predicted octanol–water partition coefficient (Wildman–Crippen LogP) is 3.67. The summed E-state index contributed by atoms with van der Waals surface area (Å²) in [7, 11) is 1.65. The van der Waals surface area contributed by atoms with E-state index in [1.165, 1.54) is 0 Å². The molecule has 0 saturated carbocycles. The second kappa shape index (κ2) is 5.69. The highest BCUT2D eigenvalue weighted by atomic mass is 79.9. The Hall–Kier alpha value is -2.14. The average Bonchev–Trinajstić information content (AvgIpc) is 2.83. The number of aldehydes is 1. The molecule has 4 nitrogen and oxygen atoms in total. The number of ether oxygens (including phenoxy) is 1. The summed E-state index contributed by atoms with van der Waals surface area (Å²) in [5.74, 6) is 0.827. The molecule has 0 aliphatic rings. The Kier molecular flexibility index (Phi) is 3.75. The van der Waals surface area contributed by atoms with Crippen LogP contribution >= 0.6 is 15.9 Å². The van der Waals surface area contributed by atoms with Crippen LogP contribution in [-0.2, 0) is 6.54 Å². The molecule has 0 aliphatic heterocycles. The van der Waals surface area contributed by atoms with Gasteiger partial charge in [0.05, 0.1) is 19.2 Å². The van der Waals surface area contributed by atoms with E-state index in [0.717, 1.165) is 33.1 Å². The van der Waals surface area contributed by atoms with E-state index in [9.17, 15) is 4.79 Å². The highest BCUT2D eigenvalue weighted by Gasteiger charge is 2.09. The lowest BCUT2D eigenvalue weighted by Crippen LogP contribution is -2.01. The van der Waals surface area contributed by atoms with E-state index in [2.05, 4.69) is 21.0 Å². The smallest absolute Gasteiger partial charge is 0.150 e. The van der Waals surface area contributed by atoms with E-state index in [4.69, 9.17) is 4.74 Å². The lowest BCUT2D eigenvalue weighted by atomic mass is 10.2. The van der Waals surface area contributed by atoms with E-state index < -0.39 is 0 Å². The van der Waals surface area contributed by atoms with Crippen LogP contribution in [0.25, 0.3) is 10.9 Å². The number of benzene rings is 2. The quantitative estimate of drug-likeness (QED) is 0.678. The molecule has 0 N–H and O–H groups in total. The maximum absolute atomic E-state index is 10.9. The van der Waals surface area contributed by atoms with Gasteiger partial charge >= 0.3 is 0 Å². The molecule has 5 heteroatoms. The van der Waals surface area contributed by atoms with Crippen LogP contribution in [0.3, 0.4) is 0 Å². The van der Waals surface area contributed by atoms with Crippen LogP contribution in [-0.4, -0.2) is 23.2 Å². The lowest BCUT2D eigenvalue weighted by molar-refractivity contribution is 0.112. The summed E-state index contributed by atoms with van der Waals surface area (Å²) in [5, 5.41) is 5.48. The zero-order chi connectivity index (χ0) is 14.8. The first-order valence-electron chi connectivity index (χ1n) is 6.45. The highest BCUT2D eigenvalue weighted by Crippen LogP contribution is 2.25. The number of fused-ring (bicyclic) bond motifs is 1. The van der Waals surface area contributed by atoms with Crippen molar-refractivity contribution >= 4 is 33.1 Å². The molecule has 0 amide bonds. The van der Waals surface area contributed by atoms with Crippen LogP contribution in [0, 0.1) is 0 Å². The van der Waals surface area contributed by atoms with Crippen molar-refractivity contribution in [3.8, 4) is 5.75 Å². The van der Waals surface area contributed by atoms with Gasteiger partial charge in [0.2, 0.25) is 0 Å². The number of hydrogen-bond acceptors (Lipinski definition) is 3. The number of halogens is 1. The third-order valence-corrected chi connectivity index (χ3v) is 3.94. The molecule has 0 spiro atoms. The molecular weight excluding hydrogens is 332 g/mol. The summed E-state index contributed by atoms with van der Waals surface area (Å²) in [5.41, 5.74) is 2.69. The fraction of sp³-hybridized carbons (Fsp3) is 0.125. The second-order valence-corrected chi connectivity index (χ2v) is 5.44. The van der Waals surface area contributed by atoms with Crippen LogP contribution in [0.5, 0.6) is 5.75 Å². The van der Waals surface area contributed by atoms with Crippen molar-refractivity contribution in [2.45, 2.75) is 6.54 Å². The molecule has 0 atom stereocenters. The minimum Gasteiger partial charge on any atom is -0.497 e. The number of aromatic nitrogens is 2. The maximum Gasteiger partial charge on any atom is 0.150 e. The first-order chi connectivity index (χ1) is 10.2. The van der Waals surface area contributed by atoms with Gasteiger partial charge in [-0.2, -0.15) is 5.10 Å². The van der Waals surface area contributed by atoms with Gasteiger partial charge in [-0.05, 0) is 45.8 Å². The van der Waals surface area contributed by atoms with Crippen LogP contribution < -0.4 is 4.74 Å². The van der Waals surface area contributed by atoms with Crippen LogP contribution in [0.1, 0.15) is 15.9 Å². The van der Waals surface area contributed by atoms with E-state index in [0.29, 0.717) is 12.1 Å². The predicted molar refractivity (Wildman–Crippen MR) is 84.9 cm³/mol. The van der Waals surface area contributed by atoms with Crippen molar-refractivity contribution in [3.05, 3.63) is 58.2 Å². The summed E-state index contributed by atoms with van der Waals surface area (Å²) in [4.78, 5) is 10.9. The van der Waals surface area contributed by atoms with Crippen LogP contribution in [0.2, 0.25) is 0 Å².